The molecule has 4 aromatic rings. The number of ketones is 1. The molecule has 21 nitrogen and oxygen atoms in total. The Morgan fingerprint density at radius 1 is 0.873 bits per heavy atom. The molecule has 1 fully saturated rings. The minimum absolute atomic E-state index is 0.0206. The van der Waals surface area contributed by atoms with Gasteiger partial charge in [-0.15, -0.1) is 0 Å². The van der Waals surface area contributed by atoms with Crippen LogP contribution in [0.1, 0.15) is 89.1 Å². The average Bonchev–Trinajstić information content (AvgIpc) is 4.21. The summed E-state index contributed by atoms with van der Waals surface area (Å²) in [7, 11) is 0. The number of imide groups is 1. The van der Waals surface area contributed by atoms with Crippen molar-refractivity contribution in [2.75, 3.05) is 32.8 Å². The van der Waals surface area contributed by atoms with E-state index in [0.29, 0.717) is 17.7 Å². The number of aliphatic hydroxyl groups excluding tert-OH is 1. The number of halogens is 2. The molecule has 4 heterocycles. The second kappa shape index (κ2) is 27.2. The summed E-state index contributed by atoms with van der Waals surface area (Å²) < 4.78 is 31.9. The first-order chi connectivity index (χ1) is 37.5. The van der Waals surface area contributed by atoms with Crippen LogP contribution >= 0.6 is 0 Å². The summed E-state index contributed by atoms with van der Waals surface area (Å²) in [5.41, 5.74) is 6.83. The van der Waals surface area contributed by atoms with E-state index in [-0.39, 0.29) is 69.4 Å². The Labute approximate surface area is 455 Å². The molecule has 7 N–H and O–H groups in total. The molecule has 2 aliphatic rings. The van der Waals surface area contributed by atoms with Crippen molar-refractivity contribution in [1.29, 1.82) is 0 Å². The van der Waals surface area contributed by atoms with Crippen LogP contribution in [0.4, 0.5) is 8.78 Å². The Morgan fingerprint density at radius 2 is 1.57 bits per heavy atom. The molecule has 79 heavy (non-hydrogen) atoms. The summed E-state index contributed by atoms with van der Waals surface area (Å²) >= 11 is 0. The number of carbonyl (C=O) groups is 10. The van der Waals surface area contributed by atoms with Crippen LogP contribution in [0.3, 0.4) is 0 Å². The lowest BCUT2D eigenvalue weighted by molar-refractivity contribution is -0.142. The van der Waals surface area contributed by atoms with E-state index in [2.05, 4.69) is 26.3 Å². The Hall–Kier alpha value is -8.47. The molecule has 2 aromatic carbocycles. The molecule has 2 aliphatic heterocycles. The van der Waals surface area contributed by atoms with Gasteiger partial charge < -0.3 is 46.5 Å². The van der Waals surface area contributed by atoms with E-state index < -0.39 is 126 Å². The first kappa shape index (κ1) is 59.8. The molecule has 0 spiro atoms. The van der Waals surface area contributed by atoms with E-state index in [0.717, 1.165) is 40.8 Å². The van der Waals surface area contributed by atoms with Gasteiger partial charge in [0.15, 0.2) is 5.78 Å². The fourth-order valence-electron chi connectivity index (χ4n) is 9.64. The van der Waals surface area contributed by atoms with E-state index in [1.54, 1.807) is 29.0 Å². The summed E-state index contributed by atoms with van der Waals surface area (Å²) in [4.78, 5) is 140. The number of hydrogen-bond acceptors (Lipinski definition) is 12. The highest BCUT2D eigenvalue weighted by molar-refractivity contribution is 6.14. The Kier molecular flexibility index (Phi) is 20.6. The number of pyridine rings is 1. The van der Waals surface area contributed by atoms with Gasteiger partial charge >= 0.3 is 0 Å². The lowest BCUT2D eigenvalue weighted by Gasteiger charge is -2.41. The fourth-order valence-corrected chi connectivity index (χ4v) is 9.64. The number of nitrogens with two attached hydrogens (primary N) is 1. The molecule has 0 radical (unpaired) electrons. The van der Waals surface area contributed by atoms with Crippen molar-refractivity contribution in [2.45, 2.75) is 109 Å². The maximum absolute atomic E-state index is 15.4. The number of carbonyl (C=O) groups excluding carboxylic acids is 10. The van der Waals surface area contributed by atoms with Gasteiger partial charge in [-0.05, 0) is 85.5 Å². The molecular formula is C56H66F2N10O11. The van der Waals surface area contributed by atoms with Crippen LogP contribution in [0.2, 0.25) is 0 Å². The Bertz CT molecular complexity index is 2930. The first-order valence-electron chi connectivity index (χ1n) is 25.8. The van der Waals surface area contributed by atoms with Gasteiger partial charge in [-0.3, -0.25) is 57.8 Å². The van der Waals surface area contributed by atoms with Crippen LogP contribution < -0.4 is 27.0 Å². The number of rotatable bonds is 26. The third-order valence-corrected chi connectivity index (χ3v) is 13.4. The predicted octanol–water partition coefficient (Wildman–Crippen LogP) is 2.15. The number of Topliss-reactive ketones (excluding diaryl/α,β-unsaturated/α-hetero) is 1. The number of nitrogens with zero attached hydrogens (tertiary/aromatic N) is 5. The predicted molar refractivity (Wildman–Crippen MR) is 282 cm³/mol. The molecule has 5 atom stereocenters. The third kappa shape index (κ3) is 16.3. The van der Waals surface area contributed by atoms with Gasteiger partial charge in [0.2, 0.25) is 41.4 Å². The second-order valence-electron chi connectivity index (χ2n) is 20.5. The molecule has 0 unspecified atom stereocenters. The number of likely N-dealkylation sites (tertiary alicyclic amines) is 1. The van der Waals surface area contributed by atoms with Crippen molar-refractivity contribution < 1.29 is 61.8 Å². The zero-order valence-electron chi connectivity index (χ0n) is 44.4. The minimum atomic E-state index is -1.71. The van der Waals surface area contributed by atoms with Crippen molar-refractivity contribution in [3.05, 3.63) is 126 Å². The van der Waals surface area contributed by atoms with Crippen molar-refractivity contribution in [2.24, 2.45) is 11.1 Å². The summed E-state index contributed by atoms with van der Waals surface area (Å²) in [6.07, 6.45) is 5.96. The third-order valence-electron chi connectivity index (χ3n) is 13.4. The lowest BCUT2D eigenvalue weighted by Crippen LogP contribution is -2.58. The molecule has 1 saturated heterocycles. The van der Waals surface area contributed by atoms with Crippen LogP contribution in [0, 0.1) is 17.0 Å². The van der Waals surface area contributed by atoms with Crippen molar-refractivity contribution >= 4 is 58.9 Å². The maximum atomic E-state index is 15.4. The van der Waals surface area contributed by atoms with Crippen LogP contribution in [0.15, 0.2) is 97.5 Å². The first-order valence-corrected chi connectivity index (χ1v) is 25.8. The molecule has 2 aromatic heterocycles. The zero-order valence-corrected chi connectivity index (χ0v) is 44.4. The van der Waals surface area contributed by atoms with Gasteiger partial charge in [-0.1, -0.05) is 51.1 Å². The number of aromatic nitrogens is 2. The maximum Gasteiger partial charge on any atom is 0.254 e. The molecule has 420 valence electrons. The Balaban J connectivity index is 1.26. The summed E-state index contributed by atoms with van der Waals surface area (Å²) in [5.74, 6) is -8.77. The topological polar surface area (TPSA) is 293 Å². The zero-order chi connectivity index (χ0) is 57.6. The van der Waals surface area contributed by atoms with Crippen molar-refractivity contribution in [3.8, 4) is 11.1 Å². The van der Waals surface area contributed by atoms with E-state index >= 15 is 4.39 Å². The molecule has 6 rings (SSSR count). The van der Waals surface area contributed by atoms with Gasteiger partial charge in [0.05, 0.1) is 25.4 Å². The summed E-state index contributed by atoms with van der Waals surface area (Å²) in [5, 5.41) is 20.9. The van der Waals surface area contributed by atoms with Gasteiger partial charge in [-0.25, -0.2) is 8.78 Å². The average molecular weight is 1090 g/mol. The highest BCUT2D eigenvalue weighted by Crippen LogP contribution is 2.41. The molecule has 0 bridgehead atoms. The largest absolute Gasteiger partial charge is 0.387 e. The van der Waals surface area contributed by atoms with E-state index in [1.165, 1.54) is 29.1 Å². The monoisotopic (exact) mass is 1090 g/mol. The van der Waals surface area contributed by atoms with Crippen LogP contribution in [-0.4, -0.2) is 145 Å². The second-order valence-corrected chi connectivity index (χ2v) is 20.5. The van der Waals surface area contributed by atoms with Gasteiger partial charge in [0.25, 0.3) is 11.8 Å². The summed E-state index contributed by atoms with van der Waals surface area (Å²) in [6.45, 7) is 5.23. The van der Waals surface area contributed by atoms with E-state index in [1.807, 2.05) is 51.1 Å². The number of nitrogens with one attached hydrogen (secondary N) is 4. The summed E-state index contributed by atoms with van der Waals surface area (Å²) in [6, 6.07) is 10.7. The van der Waals surface area contributed by atoms with Crippen LogP contribution in [-0.2, 0) is 60.9 Å². The highest BCUT2D eigenvalue weighted by Gasteiger charge is 2.41. The number of primary amides is 1. The Morgan fingerprint density at radius 3 is 2.23 bits per heavy atom. The van der Waals surface area contributed by atoms with Gasteiger partial charge in [0, 0.05) is 80.2 Å². The van der Waals surface area contributed by atoms with Crippen LogP contribution in [0.25, 0.3) is 11.1 Å². The normalized spacial score (nSPS) is 15.7. The number of benzene rings is 2. The number of amides is 9. The smallest absolute Gasteiger partial charge is 0.254 e. The van der Waals surface area contributed by atoms with Crippen molar-refractivity contribution in [3.63, 3.8) is 0 Å². The van der Waals surface area contributed by atoms with E-state index in [4.69, 9.17) is 5.73 Å². The van der Waals surface area contributed by atoms with E-state index in [9.17, 15) is 57.4 Å². The van der Waals surface area contributed by atoms with Crippen LogP contribution in [0.5, 0.6) is 0 Å². The quantitative estimate of drug-likeness (QED) is 0.0390. The lowest BCUT2D eigenvalue weighted by atomic mass is 9.82. The molecule has 23 heteroatoms. The molecular weight excluding hydrogens is 1030 g/mol. The van der Waals surface area contributed by atoms with Gasteiger partial charge in [0.1, 0.15) is 42.4 Å². The molecule has 0 saturated carbocycles. The standard InChI is InChI=1S/C56H66F2N10O11/c1-34(62-47(72)26-35-18-22-60-23-19-35)55(79)66-24-9-13-44(66)54(78)64-43(29-46(59)71)53(77)63-42(52(76)61-21-8-12-39(70)32-68-48(73)16-17-49(68)74)20-25-67(50(75)33-69)51(56(2,3)4)45-27-37(40-28-38(57)14-15-41(40)58)31-65(45)30-36-10-6-5-7-11-36/h5-7,10-11,14-19,22-23,27-28,31,34,42-44,51,69H,8-9,12-13,20-21,24-26,29-30,32-33H2,1-4H3,(H2,59,71)(H,61,76)(H,62,72)(H,63,77)(H,64,78)/t34-,42-,43-,44+,51-/m0/s1. The number of hydrogen-bond donors (Lipinski definition) is 6. The fraction of sp³-hybridized carbons (Fsp3) is 0.411. The minimum Gasteiger partial charge on any atom is -0.387 e. The highest BCUT2D eigenvalue weighted by atomic mass is 19.1. The molecule has 0 aliphatic carbocycles. The SMILES string of the molecule is C[C@H](NC(=O)Cc1ccncc1)C(=O)N1CCC[C@@H]1C(=O)N[C@@H](CC(N)=O)C(=O)N[C@@H](CCN(C(=O)CO)[C@@H](c1cc(-c2cc(F)ccc2F)cn1Cc1ccccc1)C(C)(C)C)C(=O)NCCCC(=O)CN1C(=O)C=CC1=O. The van der Waals surface area contributed by atoms with Crippen molar-refractivity contribution in [1.82, 2.24) is 45.5 Å². The molecule has 9 amide bonds. The van der Waals surface area contributed by atoms with Gasteiger partial charge in [-0.2, -0.15) is 0 Å². The number of aliphatic hydroxyl groups is 1.